The van der Waals surface area contributed by atoms with E-state index in [4.69, 9.17) is 0 Å². The predicted octanol–water partition coefficient (Wildman–Crippen LogP) is 1.93. The van der Waals surface area contributed by atoms with Gasteiger partial charge in [-0.05, 0) is 13.0 Å². The SMILES string of the molecule is CCNC(CCS(C)(=O)=O)CSC(C)(C)C. The number of hydrogen-bond donors (Lipinski definition) is 1. The van der Waals surface area contributed by atoms with Crippen LogP contribution >= 0.6 is 11.8 Å². The summed E-state index contributed by atoms with van der Waals surface area (Å²) in [5.41, 5.74) is 0. The molecule has 5 heteroatoms. The summed E-state index contributed by atoms with van der Waals surface area (Å²) in [7, 11) is -2.84. The minimum atomic E-state index is -2.84. The van der Waals surface area contributed by atoms with E-state index in [1.165, 1.54) is 6.26 Å². The first kappa shape index (κ1) is 16.3. The normalized spacial score (nSPS) is 15.1. The molecule has 0 rings (SSSR count). The van der Waals surface area contributed by atoms with Gasteiger partial charge in [-0.25, -0.2) is 8.42 Å². The van der Waals surface area contributed by atoms with Crippen LogP contribution in [-0.4, -0.2) is 43.5 Å². The zero-order valence-electron chi connectivity index (χ0n) is 11.0. The van der Waals surface area contributed by atoms with Crippen molar-refractivity contribution in [3.63, 3.8) is 0 Å². The van der Waals surface area contributed by atoms with E-state index in [-0.39, 0.29) is 10.5 Å². The molecule has 1 unspecified atom stereocenters. The van der Waals surface area contributed by atoms with Gasteiger partial charge in [0.05, 0.1) is 5.75 Å². The van der Waals surface area contributed by atoms with E-state index in [9.17, 15) is 8.42 Å². The molecule has 0 aliphatic heterocycles. The summed E-state index contributed by atoms with van der Waals surface area (Å²) < 4.78 is 22.4. The first-order chi connectivity index (χ1) is 7.14. The molecule has 0 heterocycles. The number of hydrogen-bond acceptors (Lipinski definition) is 4. The van der Waals surface area contributed by atoms with E-state index in [0.717, 1.165) is 12.3 Å². The van der Waals surface area contributed by atoms with Crippen molar-refractivity contribution >= 4 is 21.6 Å². The molecule has 0 saturated heterocycles. The van der Waals surface area contributed by atoms with Crippen LogP contribution in [0.25, 0.3) is 0 Å². The van der Waals surface area contributed by atoms with Gasteiger partial charge in [-0.15, -0.1) is 0 Å². The minimum absolute atomic E-state index is 0.235. The lowest BCUT2D eigenvalue weighted by molar-refractivity contribution is 0.547. The van der Waals surface area contributed by atoms with E-state index in [0.29, 0.717) is 12.5 Å². The molecular formula is C11H25NO2S2. The Balaban J connectivity index is 4.07. The van der Waals surface area contributed by atoms with Crippen LogP contribution < -0.4 is 5.32 Å². The van der Waals surface area contributed by atoms with E-state index in [1.807, 2.05) is 11.8 Å². The van der Waals surface area contributed by atoms with Crippen molar-refractivity contribution in [1.29, 1.82) is 0 Å². The highest BCUT2D eigenvalue weighted by molar-refractivity contribution is 8.00. The molecular weight excluding hydrogens is 242 g/mol. The highest BCUT2D eigenvalue weighted by atomic mass is 32.2. The topological polar surface area (TPSA) is 46.2 Å². The maximum Gasteiger partial charge on any atom is 0.147 e. The zero-order valence-corrected chi connectivity index (χ0v) is 12.7. The van der Waals surface area contributed by atoms with E-state index >= 15 is 0 Å². The van der Waals surface area contributed by atoms with Crippen molar-refractivity contribution in [2.75, 3.05) is 24.3 Å². The zero-order chi connectivity index (χ0) is 12.8. The minimum Gasteiger partial charge on any atom is -0.313 e. The Kier molecular flexibility index (Phi) is 6.98. The van der Waals surface area contributed by atoms with Crippen LogP contribution in [0.2, 0.25) is 0 Å². The third kappa shape index (κ3) is 10.8. The molecule has 98 valence electrons. The van der Waals surface area contributed by atoms with Crippen LogP contribution in [0.15, 0.2) is 0 Å². The highest BCUT2D eigenvalue weighted by Crippen LogP contribution is 2.24. The summed E-state index contributed by atoms with van der Waals surface area (Å²) in [5.74, 6) is 1.24. The fourth-order valence-corrected chi connectivity index (χ4v) is 2.94. The van der Waals surface area contributed by atoms with Gasteiger partial charge in [0, 0.05) is 22.8 Å². The summed E-state index contributed by atoms with van der Waals surface area (Å²) in [4.78, 5) is 0. The number of sulfone groups is 1. The van der Waals surface area contributed by atoms with Gasteiger partial charge in [-0.3, -0.25) is 0 Å². The van der Waals surface area contributed by atoms with E-state index < -0.39 is 9.84 Å². The summed E-state index contributed by atoms with van der Waals surface area (Å²) in [6, 6.07) is 0.295. The van der Waals surface area contributed by atoms with Crippen LogP contribution in [0.3, 0.4) is 0 Å². The highest BCUT2D eigenvalue weighted by Gasteiger charge is 2.16. The third-order valence-corrected chi connectivity index (χ3v) is 4.46. The van der Waals surface area contributed by atoms with Crippen molar-refractivity contribution in [2.24, 2.45) is 0 Å². The number of rotatable bonds is 7. The Labute approximate surface area is 105 Å². The summed E-state index contributed by atoms with van der Waals surface area (Å²) in [6.07, 6.45) is 2.00. The van der Waals surface area contributed by atoms with Gasteiger partial charge in [0.25, 0.3) is 0 Å². The molecule has 1 atom stereocenters. The predicted molar refractivity (Wildman–Crippen MR) is 74.0 cm³/mol. The fourth-order valence-electron chi connectivity index (χ4n) is 1.24. The monoisotopic (exact) mass is 267 g/mol. The lowest BCUT2D eigenvalue weighted by atomic mass is 10.2. The van der Waals surface area contributed by atoms with Crippen molar-refractivity contribution < 1.29 is 8.42 Å². The van der Waals surface area contributed by atoms with Crippen molar-refractivity contribution in [2.45, 2.75) is 44.9 Å². The standard InChI is InChI=1S/C11H25NO2S2/c1-6-12-10(7-8-16(5,13)14)9-15-11(2,3)4/h10,12H,6-9H2,1-5H3. The number of thioether (sulfide) groups is 1. The van der Waals surface area contributed by atoms with Crippen LogP contribution in [0.1, 0.15) is 34.1 Å². The molecule has 0 bridgehead atoms. The Bertz CT molecular complexity index is 281. The van der Waals surface area contributed by atoms with Crippen molar-refractivity contribution in [1.82, 2.24) is 5.32 Å². The van der Waals surface area contributed by atoms with E-state index in [1.54, 1.807) is 0 Å². The van der Waals surface area contributed by atoms with E-state index in [2.05, 4.69) is 33.0 Å². The lowest BCUT2D eigenvalue weighted by Gasteiger charge is -2.23. The van der Waals surface area contributed by atoms with Gasteiger partial charge >= 0.3 is 0 Å². The molecule has 0 aliphatic carbocycles. The molecule has 0 fully saturated rings. The van der Waals surface area contributed by atoms with Crippen LogP contribution in [0.5, 0.6) is 0 Å². The van der Waals surface area contributed by atoms with Gasteiger partial charge < -0.3 is 5.32 Å². The second-order valence-electron chi connectivity index (χ2n) is 5.10. The molecule has 16 heavy (non-hydrogen) atoms. The fraction of sp³-hybridized carbons (Fsp3) is 1.00. The maximum atomic E-state index is 11.1. The smallest absolute Gasteiger partial charge is 0.147 e. The van der Waals surface area contributed by atoms with Gasteiger partial charge in [0.15, 0.2) is 0 Å². The Morgan fingerprint density at radius 1 is 1.31 bits per heavy atom. The van der Waals surface area contributed by atoms with Crippen LogP contribution in [-0.2, 0) is 9.84 Å². The average Bonchev–Trinajstić information content (AvgIpc) is 2.07. The average molecular weight is 267 g/mol. The second kappa shape index (κ2) is 6.87. The number of nitrogens with one attached hydrogen (secondary N) is 1. The lowest BCUT2D eigenvalue weighted by Crippen LogP contribution is -2.34. The van der Waals surface area contributed by atoms with Crippen molar-refractivity contribution in [3.05, 3.63) is 0 Å². The molecule has 3 nitrogen and oxygen atoms in total. The van der Waals surface area contributed by atoms with Crippen LogP contribution in [0.4, 0.5) is 0 Å². The Morgan fingerprint density at radius 2 is 1.88 bits per heavy atom. The summed E-state index contributed by atoms with van der Waals surface area (Å²) in [5, 5.41) is 3.34. The maximum absolute atomic E-state index is 11.1. The van der Waals surface area contributed by atoms with Crippen LogP contribution in [0, 0.1) is 0 Å². The molecule has 1 N–H and O–H groups in total. The molecule has 0 aromatic carbocycles. The Morgan fingerprint density at radius 3 is 2.25 bits per heavy atom. The molecule has 0 aliphatic rings. The molecule has 0 saturated carbocycles. The molecule has 0 amide bonds. The first-order valence-electron chi connectivity index (χ1n) is 5.69. The van der Waals surface area contributed by atoms with Gasteiger partial charge in [-0.1, -0.05) is 27.7 Å². The Hall–Kier alpha value is 0.260. The summed E-state index contributed by atoms with van der Waals surface area (Å²) >= 11 is 1.87. The summed E-state index contributed by atoms with van der Waals surface area (Å²) in [6.45, 7) is 9.47. The first-order valence-corrected chi connectivity index (χ1v) is 8.74. The largest absolute Gasteiger partial charge is 0.313 e. The molecule has 0 radical (unpaired) electrons. The van der Waals surface area contributed by atoms with Gasteiger partial charge in [0.1, 0.15) is 9.84 Å². The van der Waals surface area contributed by atoms with Crippen molar-refractivity contribution in [3.8, 4) is 0 Å². The molecule has 0 aromatic rings. The molecule has 0 spiro atoms. The van der Waals surface area contributed by atoms with Gasteiger partial charge in [-0.2, -0.15) is 11.8 Å². The third-order valence-electron chi connectivity index (χ3n) is 2.05. The second-order valence-corrected chi connectivity index (χ2v) is 9.20. The molecule has 0 aromatic heterocycles. The quantitative estimate of drug-likeness (QED) is 0.765. The van der Waals surface area contributed by atoms with Gasteiger partial charge in [0.2, 0.25) is 0 Å².